The first kappa shape index (κ1) is 18.1. The van der Waals surface area contributed by atoms with Crippen molar-refractivity contribution in [1.82, 2.24) is 10.2 Å². The second kappa shape index (κ2) is 8.06. The third kappa shape index (κ3) is 4.88. The van der Waals surface area contributed by atoms with Gasteiger partial charge in [0.1, 0.15) is 5.76 Å². The predicted octanol–water partition coefficient (Wildman–Crippen LogP) is 1.55. The van der Waals surface area contributed by atoms with E-state index in [0.29, 0.717) is 11.4 Å². The van der Waals surface area contributed by atoms with Gasteiger partial charge in [-0.05, 0) is 38.4 Å². The van der Waals surface area contributed by atoms with Gasteiger partial charge in [-0.3, -0.25) is 24.6 Å². The largest absolute Gasteiger partial charge is 0.468 e. The maximum Gasteiger partial charge on any atom is 0.313 e. The van der Waals surface area contributed by atoms with Crippen LogP contribution in [0.5, 0.6) is 0 Å². The van der Waals surface area contributed by atoms with E-state index in [1.54, 1.807) is 12.1 Å². The maximum atomic E-state index is 11.9. The fourth-order valence-corrected chi connectivity index (χ4v) is 2.14. The molecule has 25 heavy (non-hydrogen) atoms. The van der Waals surface area contributed by atoms with Crippen molar-refractivity contribution in [3.63, 3.8) is 0 Å². The number of carbonyl (C=O) groups is 2. The molecule has 9 nitrogen and oxygen atoms in total. The van der Waals surface area contributed by atoms with E-state index in [-0.39, 0.29) is 18.3 Å². The molecule has 0 aliphatic rings. The summed E-state index contributed by atoms with van der Waals surface area (Å²) in [5.41, 5.74) is 0.190. The number of carbonyl (C=O) groups excluding carboxylic acids is 2. The van der Waals surface area contributed by atoms with Crippen molar-refractivity contribution < 1.29 is 18.9 Å². The lowest BCUT2D eigenvalue weighted by molar-refractivity contribution is -0.384. The van der Waals surface area contributed by atoms with Crippen molar-refractivity contribution in [2.24, 2.45) is 0 Å². The molecule has 2 N–H and O–H groups in total. The Kier molecular flexibility index (Phi) is 5.85. The number of hydrogen-bond acceptors (Lipinski definition) is 6. The van der Waals surface area contributed by atoms with Gasteiger partial charge in [-0.25, -0.2) is 0 Å². The lowest BCUT2D eigenvalue weighted by Crippen LogP contribution is -2.40. The van der Waals surface area contributed by atoms with E-state index in [1.807, 2.05) is 19.0 Å². The highest BCUT2D eigenvalue weighted by Crippen LogP contribution is 2.18. The maximum absolute atomic E-state index is 11.9. The molecule has 0 spiro atoms. The first-order valence-corrected chi connectivity index (χ1v) is 7.42. The van der Waals surface area contributed by atoms with Crippen LogP contribution in [0.15, 0.2) is 47.1 Å². The summed E-state index contributed by atoms with van der Waals surface area (Å²) in [5.74, 6) is -0.997. The minimum absolute atomic E-state index is 0.102. The van der Waals surface area contributed by atoms with E-state index in [9.17, 15) is 19.7 Å². The molecule has 0 aliphatic carbocycles. The Bertz CT molecular complexity index is 740. The predicted molar refractivity (Wildman–Crippen MR) is 89.9 cm³/mol. The lowest BCUT2D eigenvalue weighted by Gasteiger charge is -2.22. The molecule has 0 aliphatic heterocycles. The molecule has 1 aromatic carbocycles. The van der Waals surface area contributed by atoms with Crippen molar-refractivity contribution in [1.29, 1.82) is 0 Å². The van der Waals surface area contributed by atoms with Crippen LogP contribution in [0.2, 0.25) is 0 Å². The topological polar surface area (TPSA) is 118 Å². The molecule has 1 atom stereocenters. The van der Waals surface area contributed by atoms with Crippen LogP contribution in [0.4, 0.5) is 11.4 Å². The molecular formula is C16H18N4O5. The molecule has 2 rings (SSSR count). The van der Waals surface area contributed by atoms with E-state index in [4.69, 9.17) is 4.42 Å². The second-order valence-electron chi connectivity index (χ2n) is 5.46. The summed E-state index contributed by atoms with van der Waals surface area (Å²) in [7, 11) is 3.66. The zero-order valence-electron chi connectivity index (χ0n) is 13.8. The number of nitrogens with zero attached hydrogens (tertiary/aromatic N) is 2. The van der Waals surface area contributed by atoms with Gasteiger partial charge in [0.2, 0.25) is 0 Å². The van der Waals surface area contributed by atoms with Crippen LogP contribution < -0.4 is 10.6 Å². The van der Waals surface area contributed by atoms with Crippen molar-refractivity contribution in [3.8, 4) is 0 Å². The molecule has 2 amide bonds. The number of rotatable bonds is 6. The summed E-state index contributed by atoms with van der Waals surface area (Å²) in [6, 6.07) is 8.51. The van der Waals surface area contributed by atoms with E-state index in [0.717, 1.165) is 0 Å². The number of non-ortho nitro benzene ring substituents is 1. The van der Waals surface area contributed by atoms with Crippen molar-refractivity contribution in [3.05, 3.63) is 58.5 Å². The minimum Gasteiger partial charge on any atom is -0.468 e. The summed E-state index contributed by atoms with van der Waals surface area (Å²) in [6.45, 7) is 0.188. The second-order valence-corrected chi connectivity index (χ2v) is 5.46. The summed E-state index contributed by atoms with van der Waals surface area (Å²) in [4.78, 5) is 35.7. The molecule has 2 aromatic rings. The number of amides is 2. The van der Waals surface area contributed by atoms with Gasteiger partial charge in [0, 0.05) is 24.4 Å². The smallest absolute Gasteiger partial charge is 0.313 e. The molecule has 0 saturated carbocycles. The van der Waals surface area contributed by atoms with E-state index in [2.05, 4.69) is 10.6 Å². The molecule has 9 heteroatoms. The molecule has 1 aromatic heterocycles. The van der Waals surface area contributed by atoms with Gasteiger partial charge in [-0.1, -0.05) is 0 Å². The van der Waals surface area contributed by atoms with Crippen LogP contribution in [0.25, 0.3) is 0 Å². The Morgan fingerprint density at radius 3 is 2.40 bits per heavy atom. The molecule has 0 unspecified atom stereocenters. The summed E-state index contributed by atoms with van der Waals surface area (Å²) in [5, 5.41) is 15.5. The van der Waals surface area contributed by atoms with Crippen LogP contribution in [0.3, 0.4) is 0 Å². The number of likely N-dealkylation sites (N-methyl/N-ethyl adjacent to an activating group) is 1. The number of hydrogen-bond donors (Lipinski definition) is 2. The van der Waals surface area contributed by atoms with Crippen LogP contribution >= 0.6 is 0 Å². The summed E-state index contributed by atoms with van der Waals surface area (Å²) >= 11 is 0. The van der Waals surface area contributed by atoms with Gasteiger partial charge in [0.15, 0.2) is 0 Å². The Labute approximate surface area is 143 Å². The van der Waals surface area contributed by atoms with E-state index < -0.39 is 16.7 Å². The van der Waals surface area contributed by atoms with Gasteiger partial charge < -0.3 is 15.1 Å². The quantitative estimate of drug-likeness (QED) is 0.465. The Morgan fingerprint density at radius 2 is 1.88 bits per heavy atom. The number of nitro groups is 1. The van der Waals surface area contributed by atoms with Crippen LogP contribution in [-0.2, 0) is 9.59 Å². The fraction of sp³-hybridized carbons (Fsp3) is 0.250. The first-order chi connectivity index (χ1) is 11.9. The number of nitro benzene ring substituents is 1. The fourth-order valence-electron chi connectivity index (χ4n) is 2.14. The number of furan rings is 1. The first-order valence-electron chi connectivity index (χ1n) is 7.42. The third-order valence-electron chi connectivity index (χ3n) is 3.49. The molecule has 0 saturated heterocycles. The molecule has 0 bridgehead atoms. The highest BCUT2D eigenvalue weighted by atomic mass is 16.6. The number of benzene rings is 1. The highest BCUT2D eigenvalue weighted by molar-refractivity contribution is 6.39. The van der Waals surface area contributed by atoms with E-state index >= 15 is 0 Å². The Balaban J connectivity index is 1.91. The SMILES string of the molecule is CN(C)[C@@H](CNC(=O)C(=O)Nc1ccc([N+](=O)[O-])cc1)c1ccco1. The van der Waals surface area contributed by atoms with E-state index in [1.165, 1.54) is 30.5 Å². The molecule has 132 valence electrons. The van der Waals surface area contributed by atoms with Crippen molar-refractivity contribution >= 4 is 23.2 Å². The Morgan fingerprint density at radius 1 is 1.20 bits per heavy atom. The van der Waals surface area contributed by atoms with Crippen LogP contribution in [-0.4, -0.2) is 42.3 Å². The highest BCUT2D eigenvalue weighted by Gasteiger charge is 2.20. The van der Waals surface area contributed by atoms with Gasteiger partial charge in [-0.2, -0.15) is 0 Å². The lowest BCUT2D eigenvalue weighted by atomic mass is 10.2. The van der Waals surface area contributed by atoms with Gasteiger partial charge in [-0.15, -0.1) is 0 Å². The standard InChI is InChI=1S/C16H18N4O5/c1-19(2)13(14-4-3-9-25-14)10-17-15(21)16(22)18-11-5-7-12(8-6-11)20(23)24/h3-9,13H,10H2,1-2H3,(H,17,21)(H,18,22)/t13-/m0/s1. The monoisotopic (exact) mass is 346 g/mol. The van der Waals surface area contributed by atoms with Crippen molar-refractivity contribution in [2.45, 2.75) is 6.04 Å². The zero-order valence-corrected chi connectivity index (χ0v) is 13.8. The van der Waals surface area contributed by atoms with Gasteiger partial charge >= 0.3 is 11.8 Å². The molecule has 0 radical (unpaired) electrons. The van der Waals surface area contributed by atoms with Gasteiger partial charge in [0.05, 0.1) is 17.2 Å². The number of nitrogens with one attached hydrogen (secondary N) is 2. The molecule has 1 heterocycles. The zero-order chi connectivity index (χ0) is 18.4. The van der Waals surface area contributed by atoms with Crippen molar-refractivity contribution in [2.75, 3.05) is 26.0 Å². The summed E-state index contributed by atoms with van der Waals surface area (Å²) in [6.07, 6.45) is 1.54. The molecule has 0 fully saturated rings. The normalized spacial score (nSPS) is 11.8. The Hall–Kier alpha value is -3.20. The van der Waals surface area contributed by atoms with Crippen LogP contribution in [0, 0.1) is 10.1 Å². The average molecular weight is 346 g/mol. The average Bonchev–Trinajstić information content (AvgIpc) is 3.09. The minimum atomic E-state index is -0.856. The molecular weight excluding hydrogens is 328 g/mol. The van der Waals surface area contributed by atoms with Gasteiger partial charge in [0.25, 0.3) is 5.69 Å². The summed E-state index contributed by atoms with van der Waals surface area (Å²) < 4.78 is 5.33. The van der Waals surface area contributed by atoms with Crippen LogP contribution in [0.1, 0.15) is 11.8 Å². The number of anilines is 1. The third-order valence-corrected chi connectivity index (χ3v) is 3.49.